The van der Waals surface area contributed by atoms with E-state index in [9.17, 15) is 9.59 Å². The van der Waals surface area contributed by atoms with Crippen molar-refractivity contribution in [1.29, 1.82) is 0 Å². The lowest BCUT2D eigenvalue weighted by atomic mass is 10.0. The van der Waals surface area contributed by atoms with Crippen LogP contribution in [-0.2, 0) is 0 Å². The number of carboxylic acids is 1. The average molecular weight is 284 g/mol. The van der Waals surface area contributed by atoms with Gasteiger partial charge in [-0.3, -0.25) is 0 Å². The first-order chi connectivity index (χ1) is 9.97. The third-order valence-corrected chi connectivity index (χ3v) is 3.10. The van der Waals surface area contributed by atoms with Gasteiger partial charge in [-0.1, -0.05) is 32.0 Å². The molecule has 0 radical (unpaired) electrons. The fourth-order valence-corrected chi connectivity index (χ4v) is 1.86. The Morgan fingerprint density at radius 2 is 1.67 bits per heavy atom. The molecule has 21 heavy (non-hydrogen) atoms. The molecule has 2 rings (SSSR count). The maximum Gasteiger partial charge on any atom is 0.343 e. The Labute approximate surface area is 123 Å². The predicted molar refractivity (Wildman–Crippen MR) is 78.9 cm³/mol. The van der Waals surface area contributed by atoms with E-state index in [0.29, 0.717) is 11.5 Å². The molecular formula is C17H16O4. The zero-order valence-corrected chi connectivity index (χ0v) is 11.9. The molecule has 2 aromatic carbocycles. The third-order valence-electron chi connectivity index (χ3n) is 3.10. The van der Waals surface area contributed by atoms with Gasteiger partial charge in [-0.25, -0.2) is 9.59 Å². The quantitative estimate of drug-likeness (QED) is 0.686. The highest BCUT2D eigenvalue weighted by Gasteiger charge is 2.11. The second-order valence-electron chi connectivity index (χ2n) is 5.00. The zero-order valence-electron chi connectivity index (χ0n) is 11.9. The lowest BCUT2D eigenvalue weighted by Gasteiger charge is -2.07. The molecule has 108 valence electrons. The molecule has 0 aliphatic carbocycles. The summed E-state index contributed by atoms with van der Waals surface area (Å²) < 4.78 is 5.19. The maximum atomic E-state index is 12.0. The van der Waals surface area contributed by atoms with Gasteiger partial charge < -0.3 is 9.84 Å². The number of esters is 1. The Hall–Kier alpha value is -2.62. The monoisotopic (exact) mass is 284 g/mol. The molecular weight excluding hydrogens is 268 g/mol. The Balaban J connectivity index is 2.14. The van der Waals surface area contributed by atoms with Crippen molar-refractivity contribution in [3.8, 4) is 5.75 Å². The van der Waals surface area contributed by atoms with Crippen molar-refractivity contribution < 1.29 is 19.4 Å². The SMILES string of the molecule is CC(C)c1ccc(C(=O)Oc2cccc(C(=O)O)c2)cc1. The number of aromatic carboxylic acids is 1. The summed E-state index contributed by atoms with van der Waals surface area (Å²) in [7, 11) is 0. The number of benzene rings is 2. The molecule has 0 aliphatic heterocycles. The van der Waals surface area contributed by atoms with E-state index in [0.717, 1.165) is 5.56 Å². The molecule has 0 spiro atoms. The Morgan fingerprint density at radius 1 is 1.00 bits per heavy atom. The van der Waals surface area contributed by atoms with Crippen molar-refractivity contribution in [2.75, 3.05) is 0 Å². The van der Waals surface area contributed by atoms with E-state index in [2.05, 4.69) is 13.8 Å². The first-order valence-corrected chi connectivity index (χ1v) is 6.63. The van der Waals surface area contributed by atoms with E-state index in [1.54, 1.807) is 18.2 Å². The molecule has 0 atom stereocenters. The van der Waals surface area contributed by atoms with Crippen LogP contribution in [0, 0.1) is 0 Å². The number of hydrogen-bond acceptors (Lipinski definition) is 3. The molecule has 4 heteroatoms. The van der Waals surface area contributed by atoms with Crippen molar-refractivity contribution in [2.24, 2.45) is 0 Å². The summed E-state index contributed by atoms with van der Waals surface area (Å²) in [5.74, 6) is -0.961. The van der Waals surface area contributed by atoms with Gasteiger partial charge >= 0.3 is 11.9 Å². The van der Waals surface area contributed by atoms with E-state index in [-0.39, 0.29) is 11.3 Å². The summed E-state index contributed by atoms with van der Waals surface area (Å²) in [6.45, 7) is 4.15. The smallest absolute Gasteiger partial charge is 0.343 e. The molecule has 0 bridgehead atoms. The number of ether oxygens (including phenoxy) is 1. The summed E-state index contributed by atoms with van der Waals surface area (Å²) in [5, 5.41) is 8.90. The van der Waals surface area contributed by atoms with Gasteiger partial charge in [0.25, 0.3) is 0 Å². The molecule has 2 aromatic rings. The fraction of sp³-hybridized carbons (Fsp3) is 0.176. The van der Waals surface area contributed by atoms with E-state index < -0.39 is 11.9 Å². The number of carbonyl (C=O) groups excluding carboxylic acids is 1. The average Bonchev–Trinajstić information content (AvgIpc) is 2.47. The molecule has 0 unspecified atom stereocenters. The number of rotatable bonds is 4. The van der Waals surface area contributed by atoms with Crippen molar-refractivity contribution in [1.82, 2.24) is 0 Å². The first-order valence-electron chi connectivity index (χ1n) is 6.63. The molecule has 0 saturated heterocycles. The molecule has 0 aromatic heterocycles. The van der Waals surface area contributed by atoms with Crippen LogP contribution in [0.4, 0.5) is 0 Å². The highest BCUT2D eigenvalue weighted by atomic mass is 16.5. The zero-order chi connectivity index (χ0) is 15.4. The minimum atomic E-state index is -1.06. The van der Waals surface area contributed by atoms with Crippen LogP contribution in [0.25, 0.3) is 0 Å². The largest absolute Gasteiger partial charge is 0.478 e. The fourth-order valence-electron chi connectivity index (χ4n) is 1.86. The van der Waals surface area contributed by atoms with Gasteiger partial charge in [0.2, 0.25) is 0 Å². The highest BCUT2D eigenvalue weighted by molar-refractivity contribution is 5.92. The molecule has 0 amide bonds. The first kappa shape index (κ1) is 14.8. The van der Waals surface area contributed by atoms with Crippen LogP contribution in [0.1, 0.15) is 46.0 Å². The second kappa shape index (κ2) is 6.22. The van der Waals surface area contributed by atoms with Gasteiger partial charge in [0.1, 0.15) is 5.75 Å². The van der Waals surface area contributed by atoms with Crippen LogP contribution in [0.3, 0.4) is 0 Å². The summed E-state index contributed by atoms with van der Waals surface area (Å²) in [6.07, 6.45) is 0. The van der Waals surface area contributed by atoms with Crippen LogP contribution >= 0.6 is 0 Å². The van der Waals surface area contributed by atoms with Gasteiger partial charge in [0, 0.05) is 0 Å². The molecule has 4 nitrogen and oxygen atoms in total. The highest BCUT2D eigenvalue weighted by Crippen LogP contribution is 2.18. The van der Waals surface area contributed by atoms with E-state index in [4.69, 9.17) is 9.84 Å². The topological polar surface area (TPSA) is 63.6 Å². The summed E-state index contributed by atoms with van der Waals surface area (Å²) in [5.41, 5.74) is 1.65. The molecule has 0 saturated carbocycles. The lowest BCUT2D eigenvalue weighted by Crippen LogP contribution is -2.09. The van der Waals surface area contributed by atoms with Gasteiger partial charge in [-0.05, 0) is 41.8 Å². The summed E-state index contributed by atoms with van der Waals surface area (Å²) in [4.78, 5) is 22.9. The summed E-state index contributed by atoms with van der Waals surface area (Å²) in [6, 6.07) is 13.0. The second-order valence-corrected chi connectivity index (χ2v) is 5.00. The van der Waals surface area contributed by atoms with E-state index >= 15 is 0 Å². The predicted octanol–water partition coefficient (Wildman–Crippen LogP) is 3.73. The van der Waals surface area contributed by atoms with E-state index in [1.807, 2.05) is 12.1 Å². The van der Waals surface area contributed by atoms with Crippen LogP contribution in [0.2, 0.25) is 0 Å². The number of hydrogen-bond donors (Lipinski definition) is 1. The van der Waals surface area contributed by atoms with Gasteiger partial charge in [0.05, 0.1) is 11.1 Å². The van der Waals surface area contributed by atoms with Crippen molar-refractivity contribution in [3.63, 3.8) is 0 Å². The molecule has 0 aliphatic rings. The van der Waals surface area contributed by atoms with Crippen molar-refractivity contribution >= 4 is 11.9 Å². The normalized spacial score (nSPS) is 10.4. The van der Waals surface area contributed by atoms with Crippen LogP contribution < -0.4 is 4.74 Å². The Bertz CT molecular complexity index is 657. The Morgan fingerprint density at radius 3 is 2.24 bits per heavy atom. The Kier molecular flexibility index (Phi) is 4.38. The van der Waals surface area contributed by atoms with Crippen LogP contribution in [0.15, 0.2) is 48.5 Å². The van der Waals surface area contributed by atoms with Crippen LogP contribution in [0.5, 0.6) is 5.75 Å². The standard InChI is InChI=1S/C17H16O4/c1-11(2)12-6-8-13(9-7-12)17(20)21-15-5-3-4-14(10-15)16(18)19/h3-11H,1-2H3,(H,18,19). The van der Waals surface area contributed by atoms with Crippen molar-refractivity contribution in [3.05, 3.63) is 65.2 Å². The van der Waals surface area contributed by atoms with Gasteiger partial charge in [0.15, 0.2) is 0 Å². The van der Waals surface area contributed by atoms with Gasteiger partial charge in [-0.2, -0.15) is 0 Å². The lowest BCUT2D eigenvalue weighted by molar-refractivity contribution is 0.0687. The summed E-state index contributed by atoms with van der Waals surface area (Å²) >= 11 is 0. The number of carboxylic acid groups (broad SMARTS) is 1. The van der Waals surface area contributed by atoms with E-state index in [1.165, 1.54) is 18.2 Å². The number of carbonyl (C=O) groups is 2. The van der Waals surface area contributed by atoms with Crippen LogP contribution in [-0.4, -0.2) is 17.0 Å². The molecule has 0 heterocycles. The molecule has 1 N–H and O–H groups in total. The van der Waals surface area contributed by atoms with Crippen molar-refractivity contribution in [2.45, 2.75) is 19.8 Å². The van der Waals surface area contributed by atoms with Gasteiger partial charge in [-0.15, -0.1) is 0 Å². The minimum absolute atomic E-state index is 0.0791. The molecule has 0 fully saturated rings. The third kappa shape index (κ3) is 3.69. The maximum absolute atomic E-state index is 12.0. The minimum Gasteiger partial charge on any atom is -0.478 e.